The van der Waals surface area contributed by atoms with Crippen molar-refractivity contribution in [1.29, 1.82) is 0 Å². The van der Waals surface area contributed by atoms with Crippen molar-refractivity contribution in [2.45, 2.75) is 25.6 Å². The fraction of sp³-hybridized carbons (Fsp3) is 0.312. The number of pyridine rings is 1. The molecule has 1 aromatic heterocycles. The van der Waals surface area contributed by atoms with Crippen LogP contribution in [0.3, 0.4) is 0 Å². The van der Waals surface area contributed by atoms with Gasteiger partial charge >= 0.3 is 6.18 Å². The lowest BCUT2D eigenvalue weighted by atomic mass is 10.0. The van der Waals surface area contributed by atoms with E-state index < -0.39 is 17.3 Å². The number of rotatable bonds is 1. The first-order chi connectivity index (χ1) is 10.7. The Labute approximate surface area is 131 Å². The average Bonchev–Trinajstić information content (AvgIpc) is 2.44. The van der Waals surface area contributed by atoms with E-state index in [0.29, 0.717) is 10.5 Å². The van der Waals surface area contributed by atoms with Crippen molar-refractivity contribution in [3.8, 4) is 5.75 Å². The first-order valence-electron chi connectivity index (χ1n) is 7.03. The number of halogens is 3. The summed E-state index contributed by atoms with van der Waals surface area (Å²) in [7, 11) is 0. The second-order valence-electron chi connectivity index (χ2n) is 6.01. The molecule has 4 nitrogen and oxygen atoms in total. The molecular formula is C16H15F3N2O2. The van der Waals surface area contributed by atoms with Gasteiger partial charge in [0.05, 0.1) is 11.8 Å². The predicted octanol–water partition coefficient (Wildman–Crippen LogP) is 3.65. The monoisotopic (exact) mass is 324 g/mol. The number of benzene rings is 1. The summed E-state index contributed by atoms with van der Waals surface area (Å²) in [5, 5.41) is 12.0. The van der Waals surface area contributed by atoms with E-state index in [9.17, 15) is 18.4 Å². The minimum Gasteiger partial charge on any atom is -0.711 e. The Morgan fingerprint density at radius 1 is 1.22 bits per heavy atom. The lowest BCUT2D eigenvalue weighted by molar-refractivity contribution is -0.592. The van der Waals surface area contributed by atoms with Crippen LogP contribution in [0.1, 0.15) is 19.4 Å². The third kappa shape index (κ3) is 2.91. The molecule has 2 aromatic rings. The van der Waals surface area contributed by atoms with E-state index >= 15 is 0 Å². The van der Waals surface area contributed by atoms with Gasteiger partial charge in [-0.05, 0) is 32.0 Å². The topological polar surface area (TPSA) is 39.4 Å². The number of alkyl halides is 3. The maximum Gasteiger partial charge on any atom is 0.416 e. The number of ether oxygens (including phenoxy) is 1. The Hall–Kier alpha value is -2.44. The van der Waals surface area contributed by atoms with Gasteiger partial charge in [0.25, 0.3) is 5.82 Å². The predicted molar refractivity (Wildman–Crippen MR) is 78.6 cm³/mol. The molecular weight excluding hydrogens is 309 g/mol. The second kappa shape index (κ2) is 5.04. The Kier molecular flexibility index (Phi) is 3.39. The molecule has 1 aliphatic rings. The van der Waals surface area contributed by atoms with Crippen LogP contribution >= 0.6 is 0 Å². The largest absolute Gasteiger partial charge is 0.711 e. The molecule has 0 N–H and O–H groups in total. The first-order valence-corrected chi connectivity index (χ1v) is 7.03. The maximum absolute atomic E-state index is 13.0. The van der Waals surface area contributed by atoms with E-state index in [1.165, 1.54) is 12.3 Å². The average molecular weight is 324 g/mol. The minimum atomic E-state index is -4.46. The Morgan fingerprint density at radius 2 is 1.96 bits per heavy atom. The van der Waals surface area contributed by atoms with Crippen molar-refractivity contribution in [2.24, 2.45) is 0 Å². The van der Waals surface area contributed by atoms with Crippen molar-refractivity contribution in [1.82, 2.24) is 0 Å². The lowest BCUT2D eigenvalue weighted by Gasteiger charge is -2.36. The van der Waals surface area contributed by atoms with Crippen molar-refractivity contribution in [2.75, 3.05) is 11.4 Å². The summed E-state index contributed by atoms with van der Waals surface area (Å²) in [5.74, 6) is 0.572. The summed E-state index contributed by atoms with van der Waals surface area (Å²) >= 11 is 0. The molecule has 0 saturated heterocycles. The highest BCUT2D eigenvalue weighted by Crippen LogP contribution is 2.43. The SMILES string of the molecule is CC1(C)CN(c2cccc[n+]2[O-])c2cc(C(F)(F)F)ccc2O1. The zero-order valence-corrected chi connectivity index (χ0v) is 12.6. The standard InChI is InChI=1S/C16H15F3N2O2/c1-15(2)10-20(14-5-3-4-8-21(14)22)12-9-11(16(17,18)19)6-7-13(12)23-15/h3-9H,10H2,1-2H3. The van der Waals surface area contributed by atoms with Crippen LogP contribution in [0.4, 0.5) is 24.7 Å². The maximum atomic E-state index is 13.0. The first kappa shape index (κ1) is 15.5. The van der Waals surface area contributed by atoms with Crippen LogP contribution in [0.25, 0.3) is 0 Å². The molecule has 0 amide bonds. The van der Waals surface area contributed by atoms with Crippen molar-refractivity contribution in [3.05, 3.63) is 53.4 Å². The van der Waals surface area contributed by atoms with Crippen LogP contribution < -0.4 is 14.4 Å². The van der Waals surface area contributed by atoms with Crippen LogP contribution in [-0.4, -0.2) is 12.1 Å². The molecule has 0 fully saturated rings. The summed E-state index contributed by atoms with van der Waals surface area (Å²) in [6.07, 6.45) is -3.15. The van der Waals surface area contributed by atoms with Crippen LogP contribution in [0.15, 0.2) is 42.6 Å². The molecule has 2 heterocycles. The molecule has 1 aromatic carbocycles. The highest BCUT2D eigenvalue weighted by molar-refractivity contribution is 5.69. The van der Waals surface area contributed by atoms with Gasteiger partial charge in [-0.15, -0.1) is 0 Å². The molecule has 0 unspecified atom stereocenters. The van der Waals surface area contributed by atoms with E-state index in [1.807, 2.05) is 13.8 Å². The quantitative estimate of drug-likeness (QED) is 0.594. The molecule has 1 aliphatic heterocycles. The Bertz CT molecular complexity index is 744. The number of hydrogen-bond acceptors (Lipinski definition) is 3. The van der Waals surface area contributed by atoms with Crippen molar-refractivity contribution in [3.63, 3.8) is 0 Å². The number of nitrogens with zero attached hydrogens (tertiary/aromatic N) is 2. The molecule has 0 aliphatic carbocycles. The summed E-state index contributed by atoms with van der Waals surface area (Å²) in [6.45, 7) is 3.89. The van der Waals surface area contributed by atoms with E-state index in [2.05, 4.69) is 0 Å². The molecule has 0 spiro atoms. The van der Waals surface area contributed by atoms with E-state index in [-0.39, 0.29) is 18.1 Å². The van der Waals surface area contributed by atoms with Crippen molar-refractivity contribution < 1.29 is 22.6 Å². The molecule has 0 atom stereocenters. The molecule has 122 valence electrons. The van der Waals surface area contributed by atoms with E-state index in [4.69, 9.17) is 4.74 Å². The fourth-order valence-electron chi connectivity index (χ4n) is 2.62. The lowest BCUT2D eigenvalue weighted by Crippen LogP contribution is -2.48. The van der Waals surface area contributed by atoms with Gasteiger partial charge in [-0.3, -0.25) is 0 Å². The second-order valence-corrected chi connectivity index (χ2v) is 6.01. The van der Waals surface area contributed by atoms with Gasteiger partial charge in [-0.25, -0.2) is 9.63 Å². The normalized spacial score (nSPS) is 16.7. The fourth-order valence-corrected chi connectivity index (χ4v) is 2.62. The summed E-state index contributed by atoms with van der Waals surface area (Å²) in [6, 6.07) is 8.09. The number of aromatic nitrogens is 1. The van der Waals surface area contributed by atoms with Gasteiger partial charge in [-0.2, -0.15) is 13.2 Å². The number of hydrogen-bond donors (Lipinski definition) is 0. The molecule has 0 bridgehead atoms. The molecule has 23 heavy (non-hydrogen) atoms. The van der Waals surface area contributed by atoms with Gasteiger partial charge < -0.3 is 9.94 Å². The van der Waals surface area contributed by atoms with Gasteiger partial charge in [-0.1, -0.05) is 6.07 Å². The highest BCUT2D eigenvalue weighted by Gasteiger charge is 2.40. The zero-order chi connectivity index (χ0) is 16.8. The van der Waals surface area contributed by atoms with Crippen LogP contribution in [-0.2, 0) is 6.18 Å². The summed E-state index contributed by atoms with van der Waals surface area (Å²) < 4.78 is 45.4. The smallest absolute Gasteiger partial charge is 0.416 e. The van der Waals surface area contributed by atoms with E-state index in [0.717, 1.165) is 12.1 Å². The number of anilines is 2. The molecule has 3 rings (SSSR count). The van der Waals surface area contributed by atoms with Gasteiger partial charge in [0.2, 0.25) is 0 Å². The van der Waals surface area contributed by atoms with Crippen LogP contribution in [0.5, 0.6) is 5.75 Å². The molecule has 7 heteroatoms. The van der Waals surface area contributed by atoms with Crippen molar-refractivity contribution >= 4 is 11.5 Å². The minimum absolute atomic E-state index is 0.231. The van der Waals surface area contributed by atoms with E-state index in [1.54, 1.807) is 23.1 Å². The zero-order valence-electron chi connectivity index (χ0n) is 12.6. The molecule has 0 saturated carbocycles. The van der Waals surface area contributed by atoms with Crippen LogP contribution in [0.2, 0.25) is 0 Å². The van der Waals surface area contributed by atoms with Crippen LogP contribution in [0, 0.1) is 5.21 Å². The third-order valence-corrected chi connectivity index (χ3v) is 3.58. The third-order valence-electron chi connectivity index (χ3n) is 3.58. The Morgan fingerprint density at radius 3 is 2.61 bits per heavy atom. The highest BCUT2D eigenvalue weighted by atomic mass is 19.4. The van der Waals surface area contributed by atoms with Gasteiger partial charge in [0.15, 0.2) is 11.4 Å². The molecule has 0 radical (unpaired) electrons. The summed E-state index contributed by atoms with van der Waals surface area (Å²) in [5.41, 5.74) is -1.19. The van der Waals surface area contributed by atoms with Gasteiger partial charge in [0, 0.05) is 12.1 Å². The number of fused-ring (bicyclic) bond motifs is 1. The van der Waals surface area contributed by atoms with Gasteiger partial charge in [0.1, 0.15) is 12.1 Å². The summed E-state index contributed by atoms with van der Waals surface area (Å²) in [4.78, 5) is 1.56. The Balaban J connectivity index is 2.17.